The van der Waals surface area contributed by atoms with Gasteiger partial charge < -0.3 is 25.6 Å². The number of alkyl carbamates (subject to hydrolysis) is 1. The van der Waals surface area contributed by atoms with Crippen molar-refractivity contribution in [2.24, 2.45) is 23.5 Å². The fourth-order valence-electron chi connectivity index (χ4n) is 3.32. The van der Waals surface area contributed by atoms with E-state index in [0.717, 1.165) is 6.42 Å². The van der Waals surface area contributed by atoms with Crippen molar-refractivity contribution in [2.75, 3.05) is 6.61 Å². The quantitative estimate of drug-likeness (QED) is 0.625. The minimum Gasteiger partial charge on any atom is -0.466 e. The molecule has 0 aromatic carbocycles. The van der Waals surface area contributed by atoms with Crippen LogP contribution in [-0.2, 0) is 14.3 Å². The normalized spacial score (nSPS) is 29.0. The number of amides is 1. The fourth-order valence-corrected chi connectivity index (χ4v) is 3.32. The number of nitrogens with one attached hydrogen (secondary N) is 1. The Kier molecular flexibility index (Phi) is 7.68. The molecule has 25 heavy (non-hydrogen) atoms. The Balaban J connectivity index is 2.96. The van der Waals surface area contributed by atoms with Gasteiger partial charge >= 0.3 is 12.1 Å². The molecule has 7 heteroatoms. The van der Waals surface area contributed by atoms with Gasteiger partial charge in [0.15, 0.2) is 0 Å². The van der Waals surface area contributed by atoms with E-state index in [0.29, 0.717) is 0 Å². The molecule has 0 aromatic heterocycles. The molecule has 0 aromatic rings. The number of hydrogen-bond acceptors (Lipinski definition) is 6. The highest BCUT2D eigenvalue weighted by Crippen LogP contribution is 2.37. The van der Waals surface area contributed by atoms with Gasteiger partial charge in [0, 0.05) is 18.0 Å². The van der Waals surface area contributed by atoms with Crippen LogP contribution >= 0.6 is 0 Å². The molecule has 0 heterocycles. The zero-order chi connectivity index (χ0) is 19.4. The van der Waals surface area contributed by atoms with Gasteiger partial charge in [0.2, 0.25) is 0 Å². The minimum atomic E-state index is -0.956. The van der Waals surface area contributed by atoms with E-state index >= 15 is 0 Å². The number of carbonyl (C=O) groups is 2. The summed E-state index contributed by atoms with van der Waals surface area (Å²) in [6, 6.07) is -0.789. The molecular weight excluding hydrogens is 324 g/mol. The summed E-state index contributed by atoms with van der Waals surface area (Å²) in [6.07, 6.45) is -0.402. The molecule has 7 nitrogen and oxygen atoms in total. The Bertz CT molecular complexity index is 463. The van der Waals surface area contributed by atoms with Crippen LogP contribution in [0.25, 0.3) is 0 Å². The Hall–Kier alpha value is -1.34. The van der Waals surface area contributed by atoms with E-state index in [4.69, 9.17) is 15.2 Å². The van der Waals surface area contributed by atoms with Gasteiger partial charge in [0.05, 0.1) is 18.6 Å². The van der Waals surface area contributed by atoms with Crippen LogP contribution in [0.5, 0.6) is 0 Å². The Morgan fingerprint density at radius 2 is 1.92 bits per heavy atom. The van der Waals surface area contributed by atoms with E-state index in [2.05, 4.69) is 5.32 Å². The maximum atomic E-state index is 12.2. The molecule has 6 atom stereocenters. The van der Waals surface area contributed by atoms with Crippen LogP contribution in [0.3, 0.4) is 0 Å². The lowest BCUT2D eigenvalue weighted by Gasteiger charge is -2.32. The van der Waals surface area contributed by atoms with Crippen LogP contribution in [0.4, 0.5) is 4.79 Å². The van der Waals surface area contributed by atoms with Gasteiger partial charge in [-0.25, -0.2) is 4.79 Å². The van der Waals surface area contributed by atoms with E-state index in [1.807, 2.05) is 13.8 Å². The van der Waals surface area contributed by atoms with E-state index in [1.54, 1.807) is 27.7 Å². The number of aliphatic hydroxyl groups is 1. The summed E-state index contributed by atoms with van der Waals surface area (Å²) in [6.45, 7) is 11.3. The molecule has 146 valence electrons. The standard InChI is InChI=1S/C18H34N2O5/c1-7-10(3)14(19)13-12(20-17(23)25-18(4,5)6)9-11(15(13)21)16(22)24-8-2/h10-15,21H,7-9,19H2,1-6H3,(H,20,23). The second kappa shape index (κ2) is 8.85. The molecule has 4 N–H and O–H groups in total. The van der Waals surface area contributed by atoms with Crippen LogP contribution in [0, 0.1) is 17.8 Å². The van der Waals surface area contributed by atoms with E-state index in [1.165, 1.54) is 0 Å². The number of rotatable bonds is 6. The summed E-state index contributed by atoms with van der Waals surface area (Å²) in [5.74, 6) is -1.44. The van der Waals surface area contributed by atoms with Gasteiger partial charge in [-0.3, -0.25) is 4.79 Å². The first kappa shape index (κ1) is 21.7. The van der Waals surface area contributed by atoms with Crippen LogP contribution in [-0.4, -0.2) is 47.6 Å². The molecule has 0 radical (unpaired) electrons. The lowest BCUT2D eigenvalue weighted by Crippen LogP contribution is -2.51. The third-order valence-corrected chi connectivity index (χ3v) is 4.82. The van der Waals surface area contributed by atoms with Crippen molar-refractivity contribution in [2.45, 2.75) is 78.2 Å². The largest absolute Gasteiger partial charge is 0.466 e. The van der Waals surface area contributed by atoms with Gasteiger partial charge in [0.25, 0.3) is 0 Å². The minimum absolute atomic E-state index is 0.142. The molecule has 0 saturated heterocycles. The lowest BCUT2D eigenvalue weighted by molar-refractivity contribution is -0.151. The summed E-state index contributed by atoms with van der Waals surface area (Å²) in [7, 11) is 0. The molecular formula is C18H34N2O5. The Labute approximate surface area is 150 Å². The van der Waals surface area contributed by atoms with E-state index in [-0.39, 0.29) is 25.0 Å². The van der Waals surface area contributed by atoms with Crippen molar-refractivity contribution in [3.05, 3.63) is 0 Å². The Morgan fingerprint density at radius 1 is 1.32 bits per heavy atom. The molecule has 0 spiro atoms. The van der Waals surface area contributed by atoms with Crippen molar-refractivity contribution in [3.8, 4) is 0 Å². The lowest BCUT2D eigenvalue weighted by atomic mass is 9.83. The van der Waals surface area contributed by atoms with Gasteiger partial charge in [-0.05, 0) is 40.0 Å². The van der Waals surface area contributed by atoms with E-state index < -0.39 is 41.6 Å². The molecule has 1 saturated carbocycles. The zero-order valence-corrected chi connectivity index (χ0v) is 16.2. The van der Waals surface area contributed by atoms with Crippen LogP contribution in [0.1, 0.15) is 54.4 Å². The van der Waals surface area contributed by atoms with Gasteiger partial charge in [-0.2, -0.15) is 0 Å². The summed E-state index contributed by atoms with van der Waals surface area (Å²) in [4.78, 5) is 24.3. The van der Waals surface area contributed by atoms with Gasteiger partial charge in [0.1, 0.15) is 5.60 Å². The maximum Gasteiger partial charge on any atom is 0.407 e. The molecule has 0 bridgehead atoms. The van der Waals surface area contributed by atoms with Crippen molar-refractivity contribution < 1.29 is 24.2 Å². The highest BCUT2D eigenvalue weighted by Gasteiger charge is 2.50. The first-order valence-electron chi connectivity index (χ1n) is 9.11. The number of ether oxygens (including phenoxy) is 2. The second-order valence-corrected chi connectivity index (χ2v) is 7.88. The Morgan fingerprint density at radius 3 is 2.40 bits per heavy atom. The highest BCUT2D eigenvalue weighted by molar-refractivity contribution is 5.74. The molecule has 1 amide bonds. The summed E-state index contributed by atoms with van der Waals surface area (Å²) >= 11 is 0. The summed E-state index contributed by atoms with van der Waals surface area (Å²) in [5, 5.41) is 13.5. The monoisotopic (exact) mass is 358 g/mol. The van der Waals surface area contributed by atoms with Crippen molar-refractivity contribution in [3.63, 3.8) is 0 Å². The van der Waals surface area contributed by atoms with Crippen molar-refractivity contribution in [1.82, 2.24) is 5.32 Å². The number of carbonyl (C=O) groups excluding carboxylic acids is 2. The fraction of sp³-hybridized carbons (Fsp3) is 0.889. The predicted molar refractivity (Wildman–Crippen MR) is 94.8 cm³/mol. The molecule has 6 unspecified atom stereocenters. The highest BCUT2D eigenvalue weighted by atomic mass is 16.6. The number of hydrogen-bond donors (Lipinski definition) is 3. The van der Waals surface area contributed by atoms with Crippen LogP contribution in [0.2, 0.25) is 0 Å². The third-order valence-electron chi connectivity index (χ3n) is 4.82. The van der Waals surface area contributed by atoms with Crippen molar-refractivity contribution >= 4 is 12.1 Å². The average Bonchev–Trinajstić information content (AvgIpc) is 2.80. The summed E-state index contributed by atoms with van der Waals surface area (Å²) < 4.78 is 10.4. The SMILES string of the molecule is CCOC(=O)C1CC(NC(=O)OC(C)(C)C)C(C(N)C(C)CC)C1O. The number of esters is 1. The summed E-state index contributed by atoms with van der Waals surface area (Å²) in [5.41, 5.74) is 5.72. The van der Waals surface area contributed by atoms with E-state index in [9.17, 15) is 14.7 Å². The number of aliphatic hydroxyl groups excluding tert-OH is 1. The first-order chi connectivity index (χ1) is 11.5. The second-order valence-electron chi connectivity index (χ2n) is 7.88. The third kappa shape index (κ3) is 5.85. The number of nitrogens with two attached hydrogens (primary N) is 1. The topological polar surface area (TPSA) is 111 Å². The van der Waals surface area contributed by atoms with Crippen LogP contribution in [0.15, 0.2) is 0 Å². The molecule has 1 aliphatic rings. The van der Waals surface area contributed by atoms with Crippen molar-refractivity contribution in [1.29, 1.82) is 0 Å². The zero-order valence-electron chi connectivity index (χ0n) is 16.2. The smallest absolute Gasteiger partial charge is 0.407 e. The molecule has 0 aliphatic heterocycles. The average molecular weight is 358 g/mol. The van der Waals surface area contributed by atoms with Crippen LogP contribution < -0.4 is 11.1 Å². The van der Waals surface area contributed by atoms with Gasteiger partial charge in [-0.1, -0.05) is 20.3 Å². The molecule has 1 fully saturated rings. The molecule has 1 rings (SSSR count). The first-order valence-corrected chi connectivity index (χ1v) is 9.11. The predicted octanol–water partition coefficient (Wildman–Crippen LogP) is 1.81. The molecule has 1 aliphatic carbocycles. The maximum absolute atomic E-state index is 12.2. The van der Waals surface area contributed by atoms with Gasteiger partial charge in [-0.15, -0.1) is 0 Å².